The van der Waals surface area contributed by atoms with Gasteiger partial charge in [-0.3, -0.25) is 10.5 Å². The average Bonchev–Trinajstić information content (AvgIpc) is 1.00. The standard InChI is InChI=1S/2K.H2O2.2H2O/c;;1-2;;/h;;1-2H;2*1H2/q2*+1;;;/p-2. The minimum atomic E-state index is 0. The van der Waals surface area contributed by atoms with Crippen LogP contribution in [0.25, 0.3) is 0 Å². The van der Waals surface area contributed by atoms with Gasteiger partial charge in [-0.15, -0.1) is 0 Å². The van der Waals surface area contributed by atoms with Gasteiger partial charge in [0.05, 0.1) is 0 Å². The van der Waals surface area contributed by atoms with E-state index in [9.17, 15) is 0 Å². The van der Waals surface area contributed by atoms with E-state index in [2.05, 4.69) is 0 Å². The minimum absolute atomic E-state index is 0. The molecule has 0 heterocycles. The summed E-state index contributed by atoms with van der Waals surface area (Å²) in [6.07, 6.45) is 0. The Kier molecular flexibility index (Phi) is 250. The molecular weight excluding hydrogens is 142 g/mol. The van der Waals surface area contributed by atoms with Crippen molar-refractivity contribution in [1.82, 2.24) is 0 Å². The second kappa shape index (κ2) is 42.4. The summed E-state index contributed by atoms with van der Waals surface area (Å²) in [7, 11) is 0. The summed E-state index contributed by atoms with van der Waals surface area (Å²) in [6, 6.07) is 0. The van der Waals surface area contributed by atoms with Crippen molar-refractivity contribution in [3.8, 4) is 0 Å². The van der Waals surface area contributed by atoms with Gasteiger partial charge in [0.1, 0.15) is 0 Å². The Morgan fingerprint density at radius 1 is 0.667 bits per heavy atom. The molecule has 0 aliphatic rings. The molecule has 4 N–H and O–H groups in total. The first-order chi connectivity index (χ1) is 1.00. The van der Waals surface area contributed by atoms with Gasteiger partial charge in [0.25, 0.3) is 0 Å². The largest absolute Gasteiger partial charge is 1.00 e. The molecule has 0 aliphatic carbocycles. The summed E-state index contributed by atoms with van der Waals surface area (Å²) in [5.41, 5.74) is 0. The van der Waals surface area contributed by atoms with E-state index < -0.39 is 0 Å². The van der Waals surface area contributed by atoms with Crippen LogP contribution in [0.15, 0.2) is 0 Å². The zero-order valence-electron chi connectivity index (χ0n) is 3.79. The van der Waals surface area contributed by atoms with Crippen LogP contribution in [0.5, 0.6) is 0 Å². The van der Waals surface area contributed by atoms with Gasteiger partial charge in [0.15, 0.2) is 0 Å². The van der Waals surface area contributed by atoms with Gasteiger partial charge in [-0.25, -0.2) is 0 Å². The van der Waals surface area contributed by atoms with Crippen LogP contribution in [0.2, 0.25) is 0 Å². The van der Waals surface area contributed by atoms with E-state index in [0.717, 1.165) is 0 Å². The Bertz CT molecular complexity index is 5.51. The van der Waals surface area contributed by atoms with E-state index in [1.165, 1.54) is 0 Å². The Hall–Kier alpha value is 3.11. The van der Waals surface area contributed by atoms with Crippen LogP contribution < -0.4 is 103 Å². The van der Waals surface area contributed by atoms with Crippen molar-refractivity contribution < 1.29 is 124 Å². The third-order valence-electron chi connectivity index (χ3n) is 0. The molecule has 6 heteroatoms. The van der Waals surface area contributed by atoms with E-state index in [0.29, 0.717) is 0 Å². The van der Waals surface area contributed by atoms with E-state index in [-0.39, 0.29) is 114 Å². The van der Waals surface area contributed by atoms with Gasteiger partial charge in [0.2, 0.25) is 0 Å². The maximum absolute atomic E-state index is 6.00. The molecule has 0 unspecified atom stereocenters. The summed E-state index contributed by atoms with van der Waals surface area (Å²) < 4.78 is 0. The monoisotopic (exact) mass is 146 g/mol. The molecular formula is H4K2O4. The Morgan fingerprint density at radius 2 is 0.667 bits per heavy atom. The summed E-state index contributed by atoms with van der Waals surface area (Å²) in [5, 5.41) is 12.0. The summed E-state index contributed by atoms with van der Waals surface area (Å²) in [5.74, 6) is 0. The fourth-order valence-corrected chi connectivity index (χ4v) is 0. The maximum Gasteiger partial charge on any atom is 1.00 e. The topological polar surface area (TPSA) is 100 Å². The van der Waals surface area contributed by atoms with E-state index in [4.69, 9.17) is 10.5 Å². The molecule has 0 aromatic carbocycles. The Balaban J connectivity index is -0.000000000833. The van der Waals surface area contributed by atoms with Crippen LogP contribution in [0.3, 0.4) is 0 Å². The second-order valence-corrected chi connectivity index (χ2v) is 0. The van der Waals surface area contributed by atoms with E-state index >= 15 is 0 Å². The molecule has 0 fully saturated rings. The van der Waals surface area contributed by atoms with Crippen LogP contribution in [0.1, 0.15) is 0 Å². The molecule has 6 heavy (non-hydrogen) atoms. The minimum Gasteiger partial charge on any atom is -0.870 e. The Labute approximate surface area is 121 Å². The normalized spacial score (nSPS) is 1.00. The van der Waals surface area contributed by atoms with Gasteiger partial charge in [-0.2, -0.15) is 0 Å². The molecule has 0 aliphatic heterocycles. The zero-order chi connectivity index (χ0) is 2.00. The number of rotatable bonds is 0. The number of hydrogen-bond donors (Lipinski definition) is 2. The Morgan fingerprint density at radius 3 is 0.667 bits per heavy atom. The van der Waals surface area contributed by atoms with Crippen LogP contribution in [0, 0.1) is 0 Å². The average molecular weight is 146 g/mol. The molecule has 0 radical (unpaired) electrons. The molecule has 0 rings (SSSR count). The van der Waals surface area contributed by atoms with Crippen molar-refractivity contribution in [3.63, 3.8) is 0 Å². The SMILES string of the molecule is OO.[K+].[K+].[OH-].[OH-]. The molecule has 0 atom stereocenters. The molecule has 0 amide bonds. The van der Waals surface area contributed by atoms with Gasteiger partial charge in [-0.05, 0) is 0 Å². The first kappa shape index (κ1) is 35.5. The van der Waals surface area contributed by atoms with Gasteiger partial charge in [-0.1, -0.05) is 0 Å². The van der Waals surface area contributed by atoms with Crippen LogP contribution in [-0.4, -0.2) is 21.5 Å². The molecule has 0 spiro atoms. The van der Waals surface area contributed by atoms with E-state index in [1.54, 1.807) is 0 Å². The van der Waals surface area contributed by atoms with Crippen molar-refractivity contribution in [2.24, 2.45) is 0 Å². The first-order valence-corrected chi connectivity index (χ1v) is 0.200. The second-order valence-electron chi connectivity index (χ2n) is 0. The van der Waals surface area contributed by atoms with Gasteiger partial charge in [0, 0.05) is 0 Å². The third-order valence-corrected chi connectivity index (χ3v) is 0. The maximum atomic E-state index is 6.00. The van der Waals surface area contributed by atoms with Crippen molar-refractivity contribution in [3.05, 3.63) is 0 Å². The molecule has 0 bridgehead atoms. The third kappa shape index (κ3) is 27.4. The fourth-order valence-electron chi connectivity index (χ4n) is 0. The predicted molar refractivity (Wildman–Crippen MR) is 9.13 cm³/mol. The summed E-state index contributed by atoms with van der Waals surface area (Å²) in [4.78, 5) is 0. The fraction of sp³-hybridized carbons (Fsp3) is 0. The van der Waals surface area contributed by atoms with Gasteiger partial charge >= 0.3 is 103 Å². The smallest absolute Gasteiger partial charge is 0.870 e. The quantitative estimate of drug-likeness (QED) is 0.202. The van der Waals surface area contributed by atoms with Crippen LogP contribution in [-0.2, 0) is 0 Å². The molecule has 0 saturated heterocycles. The van der Waals surface area contributed by atoms with Gasteiger partial charge < -0.3 is 11.0 Å². The van der Waals surface area contributed by atoms with Crippen molar-refractivity contribution in [2.45, 2.75) is 0 Å². The van der Waals surface area contributed by atoms with Crippen molar-refractivity contribution >= 4 is 0 Å². The zero-order valence-corrected chi connectivity index (χ0v) is 10.0. The first-order valence-electron chi connectivity index (χ1n) is 0.200. The predicted octanol–water partition coefficient (Wildman–Crippen LogP) is -6.33. The molecule has 4 nitrogen and oxygen atoms in total. The van der Waals surface area contributed by atoms with Crippen molar-refractivity contribution in [2.75, 3.05) is 0 Å². The summed E-state index contributed by atoms with van der Waals surface area (Å²) in [6.45, 7) is 0. The number of hydrogen-bond acceptors (Lipinski definition) is 4. The molecule has 0 aromatic rings. The summed E-state index contributed by atoms with van der Waals surface area (Å²) >= 11 is 0. The van der Waals surface area contributed by atoms with Crippen molar-refractivity contribution in [1.29, 1.82) is 0 Å². The van der Waals surface area contributed by atoms with E-state index in [1.807, 2.05) is 0 Å². The molecule has 0 saturated carbocycles. The van der Waals surface area contributed by atoms with Crippen LogP contribution in [0.4, 0.5) is 0 Å². The van der Waals surface area contributed by atoms with Crippen LogP contribution >= 0.6 is 0 Å². The molecule has 30 valence electrons. The molecule has 0 aromatic heterocycles.